The van der Waals surface area contributed by atoms with Gasteiger partial charge in [0.05, 0.1) is 5.60 Å². The minimum absolute atomic E-state index is 0.318. The SMILES string of the molecule is CCC=CCCC(C)(O)CCCCCCCCCCCCC(=O)O. The maximum absolute atomic E-state index is 10.4. The lowest BCUT2D eigenvalue weighted by Crippen LogP contribution is -2.23. The lowest BCUT2D eigenvalue weighted by atomic mass is 9.92. The van der Waals surface area contributed by atoms with Crippen molar-refractivity contribution in [2.24, 2.45) is 0 Å². The van der Waals surface area contributed by atoms with Gasteiger partial charge in [-0.1, -0.05) is 76.9 Å². The standard InChI is InChI=1S/C21H40O3/c1-3-4-5-15-18-21(2,24)19-16-13-11-9-7-6-8-10-12-14-17-20(22)23/h4-5,24H,3,6-19H2,1-2H3,(H,22,23). The number of hydrogen-bond donors (Lipinski definition) is 2. The molecule has 142 valence electrons. The molecule has 3 nitrogen and oxygen atoms in total. The van der Waals surface area contributed by atoms with E-state index in [-0.39, 0.29) is 0 Å². The smallest absolute Gasteiger partial charge is 0.303 e. The molecule has 0 radical (unpaired) electrons. The van der Waals surface area contributed by atoms with Gasteiger partial charge in [0.15, 0.2) is 0 Å². The van der Waals surface area contributed by atoms with E-state index in [9.17, 15) is 9.90 Å². The Hall–Kier alpha value is -0.830. The van der Waals surface area contributed by atoms with Crippen LogP contribution in [-0.2, 0) is 4.79 Å². The van der Waals surface area contributed by atoms with Crippen molar-refractivity contribution in [2.75, 3.05) is 0 Å². The summed E-state index contributed by atoms with van der Waals surface area (Å²) < 4.78 is 0. The monoisotopic (exact) mass is 340 g/mol. The van der Waals surface area contributed by atoms with Gasteiger partial charge in [0.1, 0.15) is 0 Å². The van der Waals surface area contributed by atoms with E-state index < -0.39 is 11.6 Å². The van der Waals surface area contributed by atoms with Crippen LogP contribution in [0, 0.1) is 0 Å². The number of aliphatic carboxylic acids is 1. The summed E-state index contributed by atoms with van der Waals surface area (Å²) in [4.78, 5) is 10.4. The number of carboxylic acid groups (broad SMARTS) is 1. The van der Waals surface area contributed by atoms with Gasteiger partial charge in [-0.05, 0) is 39.0 Å². The van der Waals surface area contributed by atoms with Crippen molar-refractivity contribution >= 4 is 5.97 Å². The van der Waals surface area contributed by atoms with Crippen LogP contribution in [-0.4, -0.2) is 21.8 Å². The molecule has 0 spiro atoms. The highest BCUT2D eigenvalue weighted by Crippen LogP contribution is 2.21. The summed E-state index contributed by atoms with van der Waals surface area (Å²) in [5.41, 5.74) is -0.506. The maximum Gasteiger partial charge on any atom is 0.303 e. The Kier molecular flexibility index (Phi) is 15.1. The molecule has 0 amide bonds. The summed E-state index contributed by atoms with van der Waals surface area (Å²) in [6.07, 6.45) is 20.2. The molecular formula is C21H40O3. The fourth-order valence-corrected chi connectivity index (χ4v) is 3.00. The molecule has 0 aliphatic carbocycles. The van der Waals surface area contributed by atoms with Crippen LogP contribution in [0.3, 0.4) is 0 Å². The van der Waals surface area contributed by atoms with Crippen LogP contribution in [0.4, 0.5) is 0 Å². The summed E-state index contributed by atoms with van der Waals surface area (Å²) in [5.74, 6) is -0.675. The fourth-order valence-electron chi connectivity index (χ4n) is 3.00. The quantitative estimate of drug-likeness (QED) is 0.243. The van der Waals surface area contributed by atoms with Gasteiger partial charge < -0.3 is 10.2 Å². The second-order valence-electron chi connectivity index (χ2n) is 7.34. The molecule has 0 aliphatic rings. The highest BCUT2D eigenvalue weighted by Gasteiger charge is 2.18. The van der Waals surface area contributed by atoms with E-state index in [0.717, 1.165) is 44.9 Å². The normalized spacial score (nSPS) is 14.1. The van der Waals surface area contributed by atoms with Gasteiger partial charge >= 0.3 is 5.97 Å². The summed E-state index contributed by atoms with van der Waals surface area (Å²) in [5, 5.41) is 18.9. The zero-order valence-electron chi connectivity index (χ0n) is 16.1. The van der Waals surface area contributed by atoms with E-state index in [0.29, 0.717) is 6.42 Å². The molecule has 0 saturated heterocycles. The minimum atomic E-state index is -0.675. The van der Waals surface area contributed by atoms with Gasteiger partial charge in [0.2, 0.25) is 0 Å². The Bertz CT molecular complexity index is 321. The Balaban J connectivity index is 3.32. The number of allylic oxidation sites excluding steroid dienone is 2. The molecule has 0 saturated carbocycles. The molecule has 3 heteroatoms. The maximum atomic E-state index is 10.4. The van der Waals surface area contributed by atoms with Crippen molar-refractivity contribution in [3.63, 3.8) is 0 Å². The molecule has 2 N–H and O–H groups in total. The van der Waals surface area contributed by atoms with Gasteiger partial charge in [0, 0.05) is 6.42 Å². The van der Waals surface area contributed by atoms with Crippen LogP contribution in [0.15, 0.2) is 12.2 Å². The van der Waals surface area contributed by atoms with Crippen LogP contribution in [0.25, 0.3) is 0 Å². The highest BCUT2D eigenvalue weighted by atomic mass is 16.4. The van der Waals surface area contributed by atoms with Crippen molar-refractivity contribution in [1.29, 1.82) is 0 Å². The molecule has 24 heavy (non-hydrogen) atoms. The lowest BCUT2D eigenvalue weighted by Gasteiger charge is -2.22. The zero-order valence-corrected chi connectivity index (χ0v) is 16.1. The Morgan fingerprint density at radius 2 is 1.33 bits per heavy atom. The third-order valence-corrected chi connectivity index (χ3v) is 4.61. The number of carbonyl (C=O) groups is 1. The molecule has 0 rings (SSSR count). The van der Waals surface area contributed by atoms with Gasteiger partial charge in [0.25, 0.3) is 0 Å². The average Bonchev–Trinajstić information content (AvgIpc) is 2.52. The van der Waals surface area contributed by atoms with Crippen LogP contribution >= 0.6 is 0 Å². The number of aliphatic hydroxyl groups is 1. The zero-order chi connectivity index (χ0) is 18.1. The van der Waals surface area contributed by atoms with Crippen molar-refractivity contribution in [3.05, 3.63) is 12.2 Å². The molecular weight excluding hydrogens is 300 g/mol. The number of rotatable bonds is 17. The fraction of sp³-hybridized carbons (Fsp3) is 0.857. The van der Waals surface area contributed by atoms with E-state index in [1.54, 1.807) is 0 Å². The summed E-state index contributed by atoms with van der Waals surface area (Å²) in [6.45, 7) is 4.10. The predicted octanol–water partition coefficient (Wildman–Crippen LogP) is 6.25. The topological polar surface area (TPSA) is 57.5 Å². The first-order chi connectivity index (χ1) is 11.5. The molecule has 1 atom stereocenters. The summed E-state index contributed by atoms with van der Waals surface area (Å²) in [6, 6.07) is 0. The number of hydrogen-bond acceptors (Lipinski definition) is 2. The Morgan fingerprint density at radius 3 is 1.83 bits per heavy atom. The third-order valence-electron chi connectivity index (χ3n) is 4.61. The Morgan fingerprint density at radius 1 is 0.833 bits per heavy atom. The van der Waals surface area contributed by atoms with E-state index >= 15 is 0 Å². The molecule has 0 aromatic rings. The largest absolute Gasteiger partial charge is 0.481 e. The van der Waals surface area contributed by atoms with Crippen molar-refractivity contribution in [1.82, 2.24) is 0 Å². The van der Waals surface area contributed by atoms with Crippen LogP contribution < -0.4 is 0 Å². The third kappa shape index (κ3) is 17.5. The average molecular weight is 341 g/mol. The lowest BCUT2D eigenvalue weighted by molar-refractivity contribution is -0.137. The first kappa shape index (κ1) is 23.2. The number of carboxylic acids is 1. The van der Waals surface area contributed by atoms with E-state index in [1.165, 1.54) is 44.9 Å². The second-order valence-corrected chi connectivity index (χ2v) is 7.34. The molecule has 0 fully saturated rings. The summed E-state index contributed by atoms with van der Waals surface area (Å²) in [7, 11) is 0. The highest BCUT2D eigenvalue weighted by molar-refractivity contribution is 5.66. The van der Waals surface area contributed by atoms with Crippen molar-refractivity contribution in [3.8, 4) is 0 Å². The van der Waals surface area contributed by atoms with Crippen molar-refractivity contribution in [2.45, 2.75) is 116 Å². The van der Waals surface area contributed by atoms with E-state index in [2.05, 4.69) is 19.1 Å². The van der Waals surface area contributed by atoms with Gasteiger partial charge in [-0.2, -0.15) is 0 Å². The Labute approximate surface area is 149 Å². The van der Waals surface area contributed by atoms with E-state index in [4.69, 9.17) is 5.11 Å². The van der Waals surface area contributed by atoms with Gasteiger partial charge in [-0.25, -0.2) is 0 Å². The second kappa shape index (κ2) is 15.7. The van der Waals surface area contributed by atoms with E-state index in [1.807, 2.05) is 6.92 Å². The number of unbranched alkanes of at least 4 members (excludes halogenated alkanes) is 9. The summed E-state index contributed by atoms with van der Waals surface area (Å²) >= 11 is 0. The van der Waals surface area contributed by atoms with Crippen LogP contribution in [0.1, 0.15) is 110 Å². The molecule has 0 bridgehead atoms. The molecule has 1 unspecified atom stereocenters. The molecule has 0 aromatic heterocycles. The first-order valence-corrected chi connectivity index (χ1v) is 10.1. The minimum Gasteiger partial charge on any atom is -0.481 e. The predicted molar refractivity (Wildman–Crippen MR) is 102 cm³/mol. The van der Waals surface area contributed by atoms with Gasteiger partial charge in [-0.15, -0.1) is 0 Å². The van der Waals surface area contributed by atoms with Crippen molar-refractivity contribution < 1.29 is 15.0 Å². The molecule has 0 aromatic carbocycles. The van der Waals surface area contributed by atoms with Crippen LogP contribution in [0.5, 0.6) is 0 Å². The molecule has 0 heterocycles. The first-order valence-electron chi connectivity index (χ1n) is 10.1. The van der Waals surface area contributed by atoms with Crippen LogP contribution in [0.2, 0.25) is 0 Å². The van der Waals surface area contributed by atoms with Gasteiger partial charge in [-0.3, -0.25) is 4.79 Å². The molecule has 0 aliphatic heterocycles.